The van der Waals surface area contributed by atoms with Crippen LogP contribution in [0.25, 0.3) is 0 Å². The predicted octanol–water partition coefficient (Wildman–Crippen LogP) is 11.6. The van der Waals surface area contributed by atoms with Gasteiger partial charge in [0.1, 0.15) is 0 Å². The highest BCUT2D eigenvalue weighted by molar-refractivity contribution is 5.91. The van der Waals surface area contributed by atoms with Crippen LogP contribution < -0.4 is 10.6 Å². The Hall–Kier alpha value is -2.70. The van der Waals surface area contributed by atoms with Crippen molar-refractivity contribution in [2.45, 2.75) is 163 Å². The predicted molar refractivity (Wildman–Crippen MR) is 221 cm³/mol. The molecule has 0 fully saturated rings. The van der Waals surface area contributed by atoms with Crippen molar-refractivity contribution in [1.82, 2.24) is 9.80 Å². The zero-order chi connectivity index (χ0) is 36.8. The van der Waals surface area contributed by atoms with Gasteiger partial charge in [0, 0.05) is 37.3 Å². The summed E-state index contributed by atoms with van der Waals surface area (Å²) in [4.78, 5) is 31.0. The lowest BCUT2D eigenvalue weighted by Crippen LogP contribution is -2.30. The Morgan fingerprint density at radius 2 is 0.784 bits per heavy atom. The molecule has 0 atom stereocenters. The second-order valence-electron chi connectivity index (χ2n) is 14.8. The van der Waals surface area contributed by atoms with Crippen LogP contribution in [0.3, 0.4) is 0 Å². The Labute approximate surface area is 313 Å². The Kier molecular flexibility index (Phi) is 26.0. The fourth-order valence-electron chi connectivity index (χ4n) is 6.79. The molecule has 0 heterocycles. The molecule has 0 saturated carbocycles. The van der Waals surface area contributed by atoms with Crippen LogP contribution in [0.2, 0.25) is 0 Å². The molecule has 288 valence electrons. The van der Waals surface area contributed by atoms with Gasteiger partial charge in [0.25, 0.3) is 0 Å². The molecular weight excluding hydrogens is 629 g/mol. The highest BCUT2D eigenvalue weighted by Crippen LogP contribution is 2.19. The second kappa shape index (κ2) is 29.8. The number of nitrogens with one attached hydrogen (secondary N) is 2. The van der Waals surface area contributed by atoms with E-state index in [0.29, 0.717) is 12.8 Å². The van der Waals surface area contributed by atoms with Gasteiger partial charge in [-0.15, -0.1) is 0 Å². The summed E-state index contributed by atoms with van der Waals surface area (Å²) in [6.07, 6.45) is 24.6. The highest BCUT2D eigenvalue weighted by atomic mass is 16.2. The first-order valence-electron chi connectivity index (χ1n) is 21.2. The van der Waals surface area contributed by atoms with Gasteiger partial charge in [-0.1, -0.05) is 142 Å². The second-order valence-corrected chi connectivity index (χ2v) is 14.8. The van der Waals surface area contributed by atoms with Crippen LogP contribution in [0, 0.1) is 0 Å². The van der Waals surface area contributed by atoms with Gasteiger partial charge in [-0.25, -0.2) is 0 Å². The van der Waals surface area contributed by atoms with Gasteiger partial charge in [0.15, 0.2) is 0 Å². The summed E-state index contributed by atoms with van der Waals surface area (Å²) >= 11 is 0. The normalized spacial score (nSPS) is 11.4. The minimum absolute atomic E-state index is 0.0809. The number of anilines is 2. The lowest BCUT2D eigenvalue weighted by atomic mass is 10.0. The van der Waals surface area contributed by atoms with Crippen molar-refractivity contribution in [2.24, 2.45) is 0 Å². The van der Waals surface area contributed by atoms with Gasteiger partial charge >= 0.3 is 0 Å². The van der Waals surface area contributed by atoms with Gasteiger partial charge in [-0.2, -0.15) is 0 Å². The van der Waals surface area contributed by atoms with Crippen LogP contribution in [-0.4, -0.2) is 60.9 Å². The fraction of sp³-hybridized carbons (Fsp3) is 0.689. The van der Waals surface area contributed by atoms with Crippen LogP contribution in [-0.2, 0) is 16.0 Å². The Balaban J connectivity index is 1.86. The summed E-state index contributed by atoms with van der Waals surface area (Å²) in [5, 5.41) is 6.32. The molecule has 0 radical (unpaired) electrons. The Morgan fingerprint density at radius 1 is 0.451 bits per heavy atom. The molecule has 0 spiro atoms. The van der Waals surface area contributed by atoms with E-state index in [1.54, 1.807) is 0 Å². The minimum Gasteiger partial charge on any atom is -0.326 e. The quantitative estimate of drug-likeness (QED) is 0.0744. The van der Waals surface area contributed by atoms with Gasteiger partial charge < -0.3 is 20.4 Å². The molecular formula is C45H76N4O2. The van der Waals surface area contributed by atoms with E-state index in [0.717, 1.165) is 68.2 Å². The molecule has 2 aromatic carbocycles. The number of nitrogens with zero attached hydrogens (tertiary/aromatic N) is 2. The molecule has 0 aliphatic rings. The zero-order valence-corrected chi connectivity index (χ0v) is 33.4. The average Bonchev–Trinajstić information content (AvgIpc) is 3.12. The Morgan fingerprint density at radius 3 is 1.14 bits per heavy atom. The summed E-state index contributed by atoms with van der Waals surface area (Å²) in [5.74, 6) is 0.162. The van der Waals surface area contributed by atoms with Gasteiger partial charge in [0.2, 0.25) is 11.8 Å². The van der Waals surface area contributed by atoms with E-state index in [1.165, 1.54) is 116 Å². The van der Waals surface area contributed by atoms with E-state index in [-0.39, 0.29) is 11.8 Å². The summed E-state index contributed by atoms with van der Waals surface area (Å²) < 4.78 is 0. The third-order valence-electron chi connectivity index (χ3n) is 9.95. The maximum Gasteiger partial charge on any atom is 0.225 e. The molecule has 6 nitrogen and oxygen atoms in total. The molecule has 0 bridgehead atoms. The lowest BCUT2D eigenvalue weighted by molar-refractivity contribution is -0.117. The molecule has 51 heavy (non-hydrogen) atoms. The minimum atomic E-state index is 0.0809. The van der Waals surface area contributed by atoms with Crippen LogP contribution in [0.4, 0.5) is 11.4 Å². The number of unbranched alkanes of at least 4 members (excludes halogenated alkanes) is 14. The van der Waals surface area contributed by atoms with Crippen molar-refractivity contribution in [3.8, 4) is 0 Å². The van der Waals surface area contributed by atoms with Crippen molar-refractivity contribution < 1.29 is 9.59 Å². The molecule has 2 rings (SSSR count). The number of carbonyl (C=O) groups is 2. The van der Waals surface area contributed by atoms with Crippen molar-refractivity contribution in [1.29, 1.82) is 0 Å². The molecule has 0 aromatic heterocycles. The summed E-state index contributed by atoms with van der Waals surface area (Å²) in [6, 6.07) is 16.4. The molecule has 0 saturated heterocycles. The average molecular weight is 705 g/mol. The number of benzene rings is 2. The van der Waals surface area contributed by atoms with Crippen molar-refractivity contribution >= 4 is 23.2 Å². The van der Waals surface area contributed by atoms with Crippen LogP contribution >= 0.6 is 0 Å². The molecule has 2 N–H and O–H groups in total. The molecule has 2 aromatic rings. The summed E-state index contributed by atoms with van der Waals surface area (Å²) in [7, 11) is 0. The van der Waals surface area contributed by atoms with Crippen molar-refractivity contribution in [3.63, 3.8) is 0 Å². The monoisotopic (exact) mass is 705 g/mol. The number of rotatable bonds is 32. The molecule has 6 heteroatoms. The van der Waals surface area contributed by atoms with Gasteiger partial charge in [0.05, 0.1) is 0 Å². The number of hydrogen-bond acceptors (Lipinski definition) is 4. The fourth-order valence-corrected chi connectivity index (χ4v) is 6.79. The van der Waals surface area contributed by atoms with Crippen molar-refractivity contribution in [2.75, 3.05) is 49.9 Å². The van der Waals surface area contributed by atoms with E-state index in [2.05, 4.69) is 72.4 Å². The van der Waals surface area contributed by atoms with E-state index in [9.17, 15) is 9.59 Å². The molecule has 0 aliphatic heterocycles. The van der Waals surface area contributed by atoms with Crippen molar-refractivity contribution in [3.05, 3.63) is 59.7 Å². The third kappa shape index (κ3) is 22.8. The van der Waals surface area contributed by atoms with Crippen LogP contribution in [0.1, 0.15) is 167 Å². The summed E-state index contributed by atoms with van der Waals surface area (Å²) in [5.41, 5.74) is 3.97. The van der Waals surface area contributed by atoms with E-state index in [1.807, 2.05) is 24.3 Å². The number of amides is 2. The van der Waals surface area contributed by atoms with Gasteiger partial charge in [-0.3, -0.25) is 9.59 Å². The maximum atomic E-state index is 13.0. The first-order chi connectivity index (χ1) is 25.0. The standard InChI is InChI=1S/C45H76N4O2/c1-5-9-13-17-21-33-48(31-19-15-11-7-3)35-29-44(50)46-42-27-23-25-40(38-42)37-41-26-24-28-43(39-41)47-45(51)30-36-49(32-20-16-12-8-4)34-22-18-14-10-6-2/h23-28,38-39H,5-22,29-37H2,1-4H3,(H,46,50)(H,47,51). The van der Waals surface area contributed by atoms with Gasteiger partial charge in [-0.05, 0) is 93.7 Å². The highest BCUT2D eigenvalue weighted by Gasteiger charge is 2.11. The number of carbonyl (C=O) groups excluding carboxylic acids is 2. The SMILES string of the molecule is CCCCCCCN(CCCCCC)CCC(=O)Nc1cccc(Cc2cccc(NC(=O)CCN(CCCCCC)CCCCCCC)c2)c1. The maximum absolute atomic E-state index is 13.0. The smallest absolute Gasteiger partial charge is 0.225 e. The van der Waals surface area contributed by atoms with Crippen LogP contribution in [0.5, 0.6) is 0 Å². The molecule has 2 amide bonds. The number of hydrogen-bond donors (Lipinski definition) is 2. The molecule has 0 aliphatic carbocycles. The third-order valence-corrected chi connectivity index (χ3v) is 9.95. The first kappa shape index (κ1) is 44.5. The van der Waals surface area contributed by atoms with E-state index < -0.39 is 0 Å². The van der Waals surface area contributed by atoms with E-state index >= 15 is 0 Å². The largest absolute Gasteiger partial charge is 0.326 e. The summed E-state index contributed by atoms with van der Waals surface area (Å²) in [6.45, 7) is 15.0. The van der Waals surface area contributed by atoms with E-state index in [4.69, 9.17) is 0 Å². The first-order valence-corrected chi connectivity index (χ1v) is 21.2. The zero-order valence-electron chi connectivity index (χ0n) is 33.4. The topological polar surface area (TPSA) is 64.7 Å². The van der Waals surface area contributed by atoms with Crippen LogP contribution in [0.15, 0.2) is 48.5 Å². The Bertz CT molecular complexity index is 1080. The molecule has 0 unspecified atom stereocenters. The lowest BCUT2D eigenvalue weighted by Gasteiger charge is -2.22.